The quantitative estimate of drug-likeness (QED) is 0.835. The molecule has 4 nitrogen and oxygen atoms in total. The minimum atomic E-state index is 0.0250. The maximum atomic E-state index is 12.3. The Labute approximate surface area is 121 Å². The van der Waals surface area contributed by atoms with Crippen molar-refractivity contribution < 1.29 is 4.79 Å². The van der Waals surface area contributed by atoms with Gasteiger partial charge in [-0.05, 0) is 47.8 Å². The molecule has 0 radical (unpaired) electrons. The van der Waals surface area contributed by atoms with Crippen molar-refractivity contribution in [2.24, 2.45) is 0 Å². The van der Waals surface area contributed by atoms with Crippen LogP contribution < -0.4 is 10.6 Å². The third kappa shape index (κ3) is 3.09. The molecule has 5 heteroatoms. The lowest BCUT2D eigenvalue weighted by molar-refractivity contribution is 0.0947. The zero-order chi connectivity index (χ0) is 13.2. The van der Waals surface area contributed by atoms with Gasteiger partial charge in [0.25, 0.3) is 5.91 Å². The SMILES string of the molecule is O=C(NCC1=CCNCC1)c1cc(Br)cn1C1CC1. The smallest absolute Gasteiger partial charge is 0.268 e. The molecule has 1 aliphatic heterocycles. The number of carbonyl (C=O) groups excluding carboxylic acids is 1. The highest BCUT2D eigenvalue weighted by Crippen LogP contribution is 2.37. The monoisotopic (exact) mass is 323 g/mol. The molecule has 3 rings (SSSR count). The molecule has 1 fully saturated rings. The van der Waals surface area contributed by atoms with E-state index in [1.807, 2.05) is 12.3 Å². The molecule has 0 bridgehead atoms. The predicted octanol–water partition coefficient (Wildman–Crippen LogP) is 2.24. The molecule has 0 spiro atoms. The maximum Gasteiger partial charge on any atom is 0.268 e. The molecule has 1 amide bonds. The molecule has 0 saturated heterocycles. The average Bonchev–Trinajstić information content (AvgIpc) is 3.20. The number of rotatable bonds is 4. The van der Waals surface area contributed by atoms with Crippen LogP contribution in [0.4, 0.5) is 0 Å². The number of nitrogens with zero attached hydrogens (tertiary/aromatic N) is 1. The van der Waals surface area contributed by atoms with E-state index in [4.69, 9.17) is 0 Å². The summed E-state index contributed by atoms with van der Waals surface area (Å²) in [6.07, 6.45) is 7.56. The summed E-state index contributed by atoms with van der Waals surface area (Å²) in [4.78, 5) is 12.3. The molecule has 2 heterocycles. The van der Waals surface area contributed by atoms with Crippen LogP contribution in [-0.2, 0) is 0 Å². The molecule has 0 atom stereocenters. The number of hydrogen-bond acceptors (Lipinski definition) is 2. The molecule has 1 aliphatic carbocycles. The molecule has 102 valence electrons. The highest BCUT2D eigenvalue weighted by Gasteiger charge is 2.27. The maximum absolute atomic E-state index is 12.3. The third-order valence-corrected chi connectivity index (χ3v) is 4.06. The van der Waals surface area contributed by atoms with Crippen LogP contribution in [-0.4, -0.2) is 30.1 Å². The minimum Gasteiger partial charge on any atom is -0.347 e. The van der Waals surface area contributed by atoms with Gasteiger partial charge < -0.3 is 15.2 Å². The van der Waals surface area contributed by atoms with Gasteiger partial charge in [-0.25, -0.2) is 0 Å². The van der Waals surface area contributed by atoms with Crippen molar-refractivity contribution >= 4 is 21.8 Å². The third-order valence-electron chi connectivity index (χ3n) is 3.62. The number of hydrogen-bond donors (Lipinski definition) is 2. The summed E-state index contributed by atoms with van der Waals surface area (Å²) < 4.78 is 3.07. The minimum absolute atomic E-state index is 0.0250. The van der Waals surface area contributed by atoms with Crippen LogP contribution in [0.15, 0.2) is 28.4 Å². The first-order valence-electron chi connectivity index (χ1n) is 6.78. The number of halogens is 1. The van der Waals surface area contributed by atoms with Crippen molar-refractivity contribution in [1.29, 1.82) is 0 Å². The van der Waals surface area contributed by atoms with E-state index in [0.717, 1.165) is 29.7 Å². The van der Waals surface area contributed by atoms with Crippen LogP contribution >= 0.6 is 15.9 Å². The Morgan fingerprint density at radius 1 is 1.53 bits per heavy atom. The Balaban J connectivity index is 1.65. The Morgan fingerprint density at radius 2 is 2.37 bits per heavy atom. The van der Waals surface area contributed by atoms with Gasteiger partial charge in [-0.1, -0.05) is 11.6 Å². The van der Waals surface area contributed by atoms with Gasteiger partial charge in [0.05, 0.1) is 0 Å². The lowest BCUT2D eigenvalue weighted by Crippen LogP contribution is -2.30. The number of amides is 1. The molecule has 1 aromatic heterocycles. The van der Waals surface area contributed by atoms with Crippen LogP contribution in [0.2, 0.25) is 0 Å². The summed E-state index contributed by atoms with van der Waals surface area (Å²) in [5.74, 6) is 0.0250. The second-order valence-electron chi connectivity index (χ2n) is 5.18. The Bertz CT molecular complexity index is 517. The molecule has 2 aliphatic rings. The summed E-state index contributed by atoms with van der Waals surface area (Å²) >= 11 is 3.45. The van der Waals surface area contributed by atoms with Crippen molar-refractivity contribution in [2.45, 2.75) is 25.3 Å². The van der Waals surface area contributed by atoms with Crippen molar-refractivity contribution in [2.75, 3.05) is 19.6 Å². The first-order chi connectivity index (χ1) is 9.24. The van der Waals surface area contributed by atoms with Crippen LogP contribution in [0.25, 0.3) is 0 Å². The van der Waals surface area contributed by atoms with Crippen LogP contribution in [0.5, 0.6) is 0 Å². The van der Waals surface area contributed by atoms with Gasteiger partial charge in [0.2, 0.25) is 0 Å². The lowest BCUT2D eigenvalue weighted by Gasteiger charge is -2.15. The fraction of sp³-hybridized carbons (Fsp3) is 0.500. The second kappa shape index (κ2) is 5.51. The van der Waals surface area contributed by atoms with Crippen molar-refractivity contribution in [1.82, 2.24) is 15.2 Å². The highest BCUT2D eigenvalue weighted by atomic mass is 79.9. The lowest BCUT2D eigenvalue weighted by atomic mass is 10.1. The van der Waals surface area contributed by atoms with Gasteiger partial charge in [0.1, 0.15) is 5.69 Å². The van der Waals surface area contributed by atoms with Gasteiger partial charge in [0.15, 0.2) is 0 Å². The van der Waals surface area contributed by atoms with Gasteiger partial charge in [0, 0.05) is 29.8 Å². The topological polar surface area (TPSA) is 46.1 Å². The first-order valence-corrected chi connectivity index (χ1v) is 7.57. The standard InChI is InChI=1S/C14H18BrN3O/c15-11-7-13(18(9-11)12-1-2-12)14(19)17-8-10-3-5-16-6-4-10/h3,7,9,12,16H,1-2,4-6,8H2,(H,17,19). The van der Waals surface area contributed by atoms with Crippen LogP contribution in [0, 0.1) is 0 Å². The summed E-state index contributed by atoms with van der Waals surface area (Å²) in [5.41, 5.74) is 2.08. The Hall–Kier alpha value is -1.07. The molecule has 0 unspecified atom stereocenters. The fourth-order valence-corrected chi connectivity index (χ4v) is 2.83. The van der Waals surface area contributed by atoms with Crippen LogP contribution in [0.1, 0.15) is 35.8 Å². The fourth-order valence-electron chi connectivity index (χ4n) is 2.40. The zero-order valence-corrected chi connectivity index (χ0v) is 12.4. The van der Waals surface area contributed by atoms with E-state index in [9.17, 15) is 4.79 Å². The normalized spacial score (nSPS) is 19.1. The molecular weight excluding hydrogens is 306 g/mol. The number of aromatic nitrogens is 1. The van der Waals surface area contributed by atoms with Crippen molar-refractivity contribution in [3.8, 4) is 0 Å². The Kier molecular flexibility index (Phi) is 3.75. The van der Waals surface area contributed by atoms with E-state index in [-0.39, 0.29) is 5.91 Å². The molecule has 1 aromatic rings. The van der Waals surface area contributed by atoms with E-state index in [0.29, 0.717) is 12.6 Å². The largest absolute Gasteiger partial charge is 0.347 e. The highest BCUT2D eigenvalue weighted by molar-refractivity contribution is 9.10. The molecule has 0 aromatic carbocycles. The summed E-state index contributed by atoms with van der Waals surface area (Å²) in [5, 5.41) is 6.30. The first kappa shape index (κ1) is 12.9. The number of nitrogens with one attached hydrogen (secondary N) is 2. The van der Waals surface area contributed by atoms with Gasteiger partial charge in [-0.15, -0.1) is 0 Å². The van der Waals surface area contributed by atoms with E-state index in [2.05, 4.69) is 37.2 Å². The van der Waals surface area contributed by atoms with E-state index >= 15 is 0 Å². The average molecular weight is 324 g/mol. The van der Waals surface area contributed by atoms with Gasteiger partial charge >= 0.3 is 0 Å². The molecule has 19 heavy (non-hydrogen) atoms. The van der Waals surface area contributed by atoms with Crippen molar-refractivity contribution in [3.63, 3.8) is 0 Å². The summed E-state index contributed by atoms with van der Waals surface area (Å²) in [6, 6.07) is 2.43. The predicted molar refractivity (Wildman–Crippen MR) is 78.3 cm³/mol. The molecule has 2 N–H and O–H groups in total. The van der Waals surface area contributed by atoms with Gasteiger partial charge in [-0.3, -0.25) is 4.79 Å². The van der Waals surface area contributed by atoms with Crippen LogP contribution in [0.3, 0.4) is 0 Å². The van der Waals surface area contributed by atoms with E-state index < -0.39 is 0 Å². The van der Waals surface area contributed by atoms with E-state index in [1.54, 1.807) is 0 Å². The van der Waals surface area contributed by atoms with Crippen molar-refractivity contribution in [3.05, 3.63) is 34.1 Å². The Morgan fingerprint density at radius 3 is 3.05 bits per heavy atom. The second-order valence-corrected chi connectivity index (χ2v) is 6.10. The summed E-state index contributed by atoms with van der Waals surface area (Å²) in [7, 11) is 0. The molecule has 1 saturated carbocycles. The zero-order valence-electron chi connectivity index (χ0n) is 10.8. The molecular formula is C14H18BrN3O. The van der Waals surface area contributed by atoms with E-state index in [1.165, 1.54) is 18.4 Å². The summed E-state index contributed by atoms with van der Waals surface area (Å²) in [6.45, 7) is 2.58. The number of carbonyl (C=O) groups is 1. The van der Waals surface area contributed by atoms with Gasteiger partial charge in [-0.2, -0.15) is 0 Å².